The first-order chi connectivity index (χ1) is 14.9. The molecule has 0 unspecified atom stereocenters. The highest BCUT2D eigenvalue weighted by molar-refractivity contribution is 6.33. The lowest BCUT2D eigenvalue weighted by atomic mass is 10.1. The Morgan fingerprint density at radius 2 is 1.77 bits per heavy atom. The molecule has 0 aliphatic heterocycles. The van der Waals surface area contributed by atoms with Gasteiger partial charge in [-0.05, 0) is 49.2 Å². The van der Waals surface area contributed by atoms with Gasteiger partial charge in [-0.15, -0.1) is 0 Å². The number of carbonyl (C=O) groups is 1. The van der Waals surface area contributed by atoms with E-state index in [1.807, 2.05) is 38.1 Å². The Labute approximate surface area is 191 Å². The number of nitrogens with one attached hydrogen (secondary N) is 1. The number of halogens is 2. The van der Waals surface area contributed by atoms with Crippen molar-refractivity contribution in [2.75, 3.05) is 11.9 Å². The molecule has 0 heterocycles. The van der Waals surface area contributed by atoms with E-state index < -0.39 is 5.97 Å². The summed E-state index contributed by atoms with van der Waals surface area (Å²) in [4.78, 5) is 11.1. The van der Waals surface area contributed by atoms with Crippen LogP contribution in [-0.2, 0) is 13.2 Å². The number of aromatic carboxylic acids is 1. The number of benzene rings is 3. The monoisotopic (exact) mass is 459 g/mol. The predicted octanol–water partition coefficient (Wildman–Crippen LogP) is 6.59. The summed E-state index contributed by atoms with van der Waals surface area (Å²) in [6, 6.07) is 16.4. The third-order valence-corrected chi connectivity index (χ3v) is 5.24. The van der Waals surface area contributed by atoms with Crippen LogP contribution in [0.1, 0.15) is 34.0 Å². The van der Waals surface area contributed by atoms with E-state index >= 15 is 0 Å². The summed E-state index contributed by atoms with van der Waals surface area (Å²) in [7, 11) is 0. The van der Waals surface area contributed by atoms with Crippen molar-refractivity contribution >= 4 is 34.9 Å². The molecule has 0 aromatic heterocycles. The van der Waals surface area contributed by atoms with Gasteiger partial charge in [-0.2, -0.15) is 0 Å². The van der Waals surface area contributed by atoms with Crippen molar-refractivity contribution in [2.45, 2.75) is 27.0 Å². The molecule has 162 valence electrons. The second kappa shape index (κ2) is 10.4. The zero-order valence-corrected chi connectivity index (χ0v) is 18.8. The van der Waals surface area contributed by atoms with Gasteiger partial charge in [0.15, 0.2) is 11.5 Å². The van der Waals surface area contributed by atoms with E-state index in [1.165, 1.54) is 11.6 Å². The first-order valence-electron chi connectivity index (χ1n) is 9.77. The summed E-state index contributed by atoms with van der Waals surface area (Å²) < 4.78 is 11.7. The molecular formula is C24H23Cl2NO4. The van der Waals surface area contributed by atoms with Crippen LogP contribution in [-0.4, -0.2) is 17.7 Å². The molecule has 0 saturated carbocycles. The maximum atomic E-state index is 11.1. The molecule has 3 aromatic rings. The van der Waals surface area contributed by atoms with Crippen LogP contribution in [0.5, 0.6) is 11.5 Å². The molecule has 0 aliphatic carbocycles. The minimum atomic E-state index is -1.07. The van der Waals surface area contributed by atoms with Crippen LogP contribution in [0.15, 0.2) is 54.6 Å². The molecule has 3 rings (SSSR count). The van der Waals surface area contributed by atoms with Crippen LogP contribution in [0.25, 0.3) is 0 Å². The fraction of sp³-hybridized carbons (Fsp3) is 0.208. The average Bonchev–Trinajstić information content (AvgIpc) is 2.72. The Bertz CT molecular complexity index is 1090. The van der Waals surface area contributed by atoms with Gasteiger partial charge in [0, 0.05) is 23.3 Å². The van der Waals surface area contributed by atoms with Gasteiger partial charge in [-0.3, -0.25) is 0 Å². The van der Waals surface area contributed by atoms with Gasteiger partial charge in [0.05, 0.1) is 17.2 Å². The van der Waals surface area contributed by atoms with Crippen molar-refractivity contribution in [3.63, 3.8) is 0 Å². The van der Waals surface area contributed by atoms with Gasteiger partial charge in [-0.25, -0.2) is 4.79 Å². The van der Waals surface area contributed by atoms with E-state index in [4.69, 9.17) is 37.8 Å². The van der Waals surface area contributed by atoms with Gasteiger partial charge >= 0.3 is 5.97 Å². The molecule has 0 fully saturated rings. The number of ether oxygens (including phenoxy) is 2. The van der Waals surface area contributed by atoms with Crippen molar-refractivity contribution < 1.29 is 19.4 Å². The lowest BCUT2D eigenvalue weighted by molar-refractivity contribution is 0.0697. The lowest BCUT2D eigenvalue weighted by Gasteiger charge is -2.16. The fourth-order valence-corrected chi connectivity index (χ4v) is 3.53. The van der Waals surface area contributed by atoms with Crippen LogP contribution in [0, 0.1) is 6.92 Å². The van der Waals surface area contributed by atoms with Gasteiger partial charge < -0.3 is 19.9 Å². The molecule has 5 nitrogen and oxygen atoms in total. The van der Waals surface area contributed by atoms with E-state index in [1.54, 1.807) is 18.2 Å². The first kappa shape index (κ1) is 22.8. The van der Waals surface area contributed by atoms with Crippen LogP contribution < -0.4 is 14.8 Å². The largest absolute Gasteiger partial charge is 0.490 e. The molecule has 0 aliphatic rings. The molecule has 0 amide bonds. The van der Waals surface area contributed by atoms with E-state index in [0.29, 0.717) is 42.0 Å². The highest BCUT2D eigenvalue weighted by Gasteiger charge is 2.13. The highest BCUT2D eigenvalue weighted by Crippen LogP contribution is 2.35. The summed E-state index contributed by atoms with van der Waals surface area (Å²) in [5.41, 5.74) is 3.78. The third kappa shape index (κ3) is 6.06. The predicted molar refractivity (Wildman–Crippen MR) is 124 cm³/mol. The maximum Gasteiger partial charge on any atom is 0.337 e. The molecule has 2 N–H and O–H groups in total. The normalized spacial score (nSPS) is 10.6. The van der Waals surface area contributed by atoms with Gasteiger partial charge in [0.25, 0.3) is 0 Å². The molecule has 0 spiro atoms. The van der Waals surface area contributed by atoms with E-state index in [-0.39, 0.29) is 10.6 Å². The number of carboxylic acids is 1. The minimum Gasteiger partial charge on any atom is -0.490 e. The van der Waals surface area contributed by atoms with Crippen LogP contribution in [0.3, 0.4) is 0 Å². The Morgan fingerprint density at radius 1 is 1.00 bits per heavy atom. The zero-order chi connectivity index (χ0) is 22.4. The number of hydrogen-bond acceptors (Lipinski definition) is 4. The van der Waals surface area contributed by atoms with Gasteiger partial charge in [0.1, 0.15) is 6.61 Å². The Balaban J connectivity index is 1.74. The summed E-state index contributed by atoms with van der Waals surface area (Å²) >= 11 is 12.5. The van der Waals surface area contributed by atoms with Crippen LogP contribution >= 0.6 is 23.2 Å². The van der Waals surface area contributed by atoms with Gasteiger partial charge in [-0.1, -0.05) is 53.0 Å². The Morgan fingerprint density at radius 3 is 2.45 bits per heavy atom. The van der Waals surface area contributed by atoms with Crippen molar-refractivity contribution in [2.24, 2.45) is 0 Å². The summed E-state index contributed by atoms with van der Waals surface area (Å²) in [6.07, 6.45) is 0. The molecule has 7 heteroatoms. The lowest BCUT2D eigenvalue weighted by Crippen LogP contribution is -2.05. The number of rotatable bonds is 9. The quantitative estimate of drug-likeness (QED) is 0.377. The van der Waals surface area contributed by atoms with Crippen LogP contribution in [0.4, 0.5) is 5.69 Å². The summed E-state index contributed by atoms with van der Waals surface area (Å²) in [6.45, 7) is 5.24. The van der Waals surface area contributed by atoms with Crippen molar-refractivity contribution in [3.05, 3.63) is 86.9 Å². The maximum absolute atomic E-state index is 11.1. The van der Waals surface area contributed by atoms with Gasteiger partial charge in [0.2, 0.25) is 0 Å². The number of anilines is 1. The van der Waals surface area contributed by atoms with E-state index in [2.05, 4.69) is 11.4 Å². The van der Waals surface area contributed by atoms with Crippen LogP contribution in [0.2, 0.25) is 10.0 Å². The number of aryl methyl sites for hydroxylation is 1. The second-order valence-electron chi connectivity index (χ2n) is 6.95. The fourth-order valence-electron chi connectivity index (χ4n) is 3.05. The Hall–Kier alpha value is -2.89. The smallest absolute Gasteiger partial charge is 0.337 e. The van der Waals surface area contributed by atoms with E-state index in [0.717, 1.165) is 11.1 Å². The third-order valence-electron chi connectivity index (χ3n) is 4.57. The summed E-state index contributed by atoms with van der Waals surface area (Å²) in [5.74, 6) is 0.115. The highest BCUT2D eigenvalue weighted by atomic mass is 35.5. The SMILES string of the molecule is CCOc1cc(CNc2ccc(C(=O)O)c(Cl)c2)c(Cl)cc1OCc1cccc(C)c1. The van der Waals surface area contributed by atoms with Crippen molar-refractivity contribution in [3.8, 4) is 11.5 Å². The molecule has 0 bridgehead atoms. The minimum absolute atomic E-state index is 0.0546. The standard InChI is InChI=1S/C24H23Cl2NO4/c1-3-30-22-10-17(13-27-18-7-8-19(24(28)29)21(26)11-18)20(25)12-23(22)31-14-16-6-4-5-15(2)9-16/h4-12,27H,3,13-14H2,1-2H3,(H,28,29). The van der Waals surface area contributed by atoms with Crippen molar-refractivity contribution in [1.82, 2.24) is 0 Å². The molecule has 0 radical (unpaired) electrons. The molecule has 0 atom stereocenters. The second-order valence-corrected chi connectivity index (χ2v) is 7.77. The molecular weight excluding hydrogens is 437 g/mol. The zero-order valence-electron chi connectivity index (χ0n) is 17.2. The average molecular weight is 460 g/mol. The number of carboxylic acid groups (broad SMARTS) is 1. The molecule has 3 aromatic carbocycles. The van der Waals surface area contributed by atoms with Crippen molar-refractivity contribution in [1.29, 1.82) is 0 Å². The first-order valence-corrected chi connectivity index (χ1v) is 10.5. The number of hydrogen-bond donors (Lipinski definition) is 2. The van der Waals surface area contributed by atoms with E-state index in [9.17, 15) is 4.79 Å². The topological polar surface area (TPSA) is 67.8 Å². The summed E-state index contributed by atoms with van der Waals surface area (Å²) in [5, 5.41) is 13.0. The molecule has 31 heavy (non-hydrogen) atoms. The molecule has 0 saturated heterocycles. The Kier molecular flexibility index (Phi) is 7.66.